The number of rotatable bonds is 5. The van der Waals surface area contributed by atoms with E-state index in [2.05, 4.69) is 31.5 Å². The largest absolute Gasteiger partial charge is 0.384 e. The van der Waals surface area contributed by atoms with Crippen molar-refractivity contribution in [2.24, 2.45) is 0 Å². The monoisotopic (exact) mass is 339 g/mol. The van der Waals surface area contributed by atoms with Gasteiger partial charge in [0.25, 0.3) is 5.91 Å². The average molecular weight is 340 g/mol. The molecule has 19 heavy (non-hydrogen) atoms. The molecule has 0 unspecified atom stereocenters. The number of carbonyl (C=O) groups is 1. The zero-order valence-electron chi connectivity index (χ0n) is 10.4. The lowest BCUT2D eigenvalue weighted by molar-refractivity contribution is 0.0946. The Kier molecular flexibility index (Phi) is 4.93. The molecule has 0 radical (unpaired) electrons. The van der Waals surface area contributed by atoms with E-state index >= 15 is 0 Å². The van der Waals surface area contributed by atoms with Crippen LogP contribution in [-0.2, 0) is 6.54 Å². The van der Waals surface area contributed by atoms with Crippen LogP contribution >= 0.6 is 27.3 Å². The maximum atomic E-state index is 11.9. The number of hydrogen-bond donors (Lipinski definition) is 2. The van der Waals surface area contributed by atoms with Gasteiger partial charge in [-0.1, -0.05) is 0 Å². The molecule has 100 valence electrons. The fraction of sp³-hybridized carbons (Fsp3) is 0.231. The Bertz CT molecular complexity index is 553. The molecule has 0 saturated carbocycles. The van der Waals surface area contributed by atoms with Gasteiger partial charge >= 0.3 is 0 Å². The first-order valence-electron chi connectivity index (χ1n) is 5.90. The fourth-order valence-electron chi connectivity index (χ4n) is 1.54. The lowest BCUT2D eigenvalue weighted by Crippen LogP contribution is -2.23. The van der Waals surface area contributed by atoms with E-state index in [1.165, 1.54) is 0 Å². The number of anilines is 1. The molecular weight excluding hydrogens is 326 g/mol. The van der Waals surface area contributed by atoms with E-state index in [9.17, 15) is 4.79 Å². The zero-order valence-corrected chi connectivity index (χ0v) is 12.8. The Hall–Kier alpha value is -1.40. The number of pyridine rings is 1. The van der Waals surface area contributed by atoms with Crippen LogP contribution < -0.4 is 10.6 Å². The Morgan fingerprint density at radius 3 is 2.89 bits per heavy atom. The summed E-state index contributed by atoms with van der Waals surface area (Å²) in [5.41, 5.74) is 1.35. The normalized spacial score (nSPS) is 10.2. The van der Waals surface area contributed by atoms with Crippen molar-refractivity contribution in [2.45, 2.75) is 13.5 Å². The highest BCUT2D eigenvalue weighted by Crippen LogP contribution is 2.19. The predicted molar refractivity (Wildman–Crippen MR) is 81.6 cm³/mol. The van der Waals surface area contributed by atoms with Crippen LogP contribution in [0.2, 0.25) is 0 Å². The number of amides is 1. The molecule has 0 aliphatic rings. The molecule has 2 N–H and O–H groups in total. The SMILES string of the molecule is CCNc1ccc(C(=O)NCc2cc(Br)cs2)nc1. The Balaban J connectivity index is 1.92. The summed E-state index contributed by atoms with van der Waals surface area (Å²) in [6.45, 7) is 3.37. The van der Waals surface area contributed by atoms with Gasteiger partial charge < -0.3 is 10.6 Å². The van der Waals surface area contributed by atoms with E-state index in [4.69, 9.17) is 0 Å². The van der Waals surface area contributed by atoms with Crippen molar-refractivity contribution in [3.05, 3.63) is 44.8 Å². The van der Waals surface area contributed by atoms with Crippen molar-refractivity contribution in [1.82, 2.24) is 10.3 Å². The number of nitrogens with zero attached hydrogens (tertiary/aromatic N) is 1. The molecular formula is C13H14BrN3OS. The number of thiophene rings is 1. The number of nitrogens with one attached hydrogen (secondary N) is 2. The zero-order chi connectivity index (χ0) is 13.7. The molecule has 1 amide bonds. The summed E-state index contributed by atoms with van der Waals surface area (Å²) in [7, 11) is 0. The van der Waals surface area contributed by atoms with E-state index in [0.717, 1.165) is 21.6 Å². The van der Waals surface area contributed by atoms with Gasteiger partial charge in [-0.3, -0.25) is 4.79 Å². The number of halogens is 1. The second-order valence-corrected chi connectivity index (χ2v) is 5.79. The van der Waals surface area contributed by atoms with Gasteiger partial charge in [0.15, 0.2) is 0 Å². The number of hydrogen-bond acceptors (Lipinski definition) is 4. The van der Waals surface area contributed by atoms with Gasteiger partial charge in [-0.15, -0.1) is 11.3 Å². The summed E-state index contributed by atoms with van der Waals surface area (Å²) in [6, 6.07) is 5.57. The van der Waals surface area contributed by atoms with Gasteiger partial charge in [-0.2, -0.15) is 0 Å². The highest BCUT2D eigenvalue weighted by atomic mass is 79.9. The molecule has 4 nitrogen and oxygen atoms in total. The van der Waals surface area contributed by atoms with Crippen LogP contribution in [0.4, 0.5) is 5.69 Å². The van der Waals surface area contributed by atoms with Crippen LogP contribution in [0, 0.1) is 0 Å². The standard InChI is InChI=1S/C13H14BrN3OS/c1-2-15-10-3-4-12(16-6-10)13(18)17-7-11-5-9(14)8-19-11/h3-6,8,15H,2,7H2,1H3,(H,17,18). The second-order valence-electron chi connectivity index (χ2n) is 3.88. The molecule has 0 bridgehead atoms. The Morgan fingerprint density at radius 1 is 1.47 bits per heavy atom. The van der Waals surface area contributed by atoms with E-state index in [1.807, 2.05) is 24.4 Å². The average Bonchev–Trinajstić information content (AvgIpc) is 2.83. The number of aromatic nitrogens is 1. The Labute approximate surface area is 124 Å². The van der Waals surface area contributed by atoms with E-state index in [-0.39, 0.29) is 5.91 Å². The molecule has 2 rings (SSSR count). The summed E-state index contributed by atoms with van der Waals surface area (Å²) in [5.74, 6) is -0.160. The summed E-state index contributed by atoms with van der Waals surface area (Å²) in [6.07, 6.45) is 1.67. The van der Waals surface area contributed by atoms with Crippen molar-refractivity contribution in [1.29, 1.82) is 0 Å². The maximum absolute atomic E-state index is 11.9. The van der Waals surface area contributed by atoms with Crippen molar-refractivity contribution in [3.8, 4) is 0 Å². The van der Waals surface area contributed by atoms with E-state index in [0.29, 0.717) is 12.2 Å². The molecule has 0 fully saturated rings. The van der Waals surface area contributed by atoms with Crippen LogP contribution in [0.15, 0.2) is 34.2 Å². The molecule has 0 aliphatic heterocycles. The van der Waals surface area contributed by atoms with Gasteiger partial charge in [0.05, 0.1) is 18.4 Å². The molecule has 0 spiro atoms. The lowest BCUT2D eigenvalue weighted by Gasteiger charge is -2.05. The van der Waals surface area contributed by atoms with Gasteiger partial charge in [0.2, 0.25) is 0 Å². The first-order valence-corrected chi connectivity index (χ1v) is 7.57. The molecule has 0 saturated heterocycles. The molecule has 2 aromatic rings. The van der Waals surface area contributed by atoms with Gasteiger partial charge in [0, 0.05) is 21.3 Å². The number of carbonyl (C=O) groups excluding carboxylic acids is 1. The van der Waals surface area contributed by atoms with Gasteiger partial charge in [0.1, 0.15) is 5.69 Å². The predicted octanol–water partition coefficient (Wildman–Crippen LogP) is 3.27. The minimum atomic E-state index is -0.160. The molecule has 2 aromatic heterocycles. The summed E-state index contributed by atoms with van der Waals surface area (Å²) in [4.78, 5) is 17.1. The van der Waals surface area contributed by atoms with Crippen LogP contribution in [0.1, 0.15) is 22.3 Å². The molecule has 0 aliphatic carbocycles. The van der Waals surface area contributed by atoms with E-state index in [1.54, 1.807) is 23.6 Å². The lowest BCUT2D eigenvalue weighted by atomic mass is 10.3. The highest BCUT2D eigenvalue weighted by molar-refractivity contribution is 9.10. The van der Waals surface area contributed by atoms with Gasteiger partial charge in [-0.05, 0) is 41.1 Å². The van der Waals surface area contributed by atoms with Crippen molar-refractivity contribution in [2.75, 3.05) is 11.9 Å². The van der Waals surface area contributed by atoms with Crippen molar-refractivity contribution >= 4 is 38.9 Å². The minimum Gasteiger partial charge on any atom is -0.384 e. The van der Waals surface area contributed by atoms with Gasteiger partial charge in [-0.25, -0.2) is 4.98 Å². The first-order chi connectivity index (χ1) is 9.19. The van der Waals surface area contributed by atoms with Crippen molar-refractivity contribution in [3.63, 3.8) is 0 Å². The molecule has 0 aromatic carbocycles. The minimum absolute atomic E-state index is 0.160. The van der Waals surface area contributed by atoms with E-state index < -0.39 is 0 Å². The van der Waals surface area contributed by atoms with Crippen LogP contribution in [0.5, 0.6) is 0 Å². The third-order valence-corrected chi connectivity index (χ3v) is 4.12. The first kappa shape index (κ1) is 14.0. The molecule has 6 heteroatoms. The fourth-order valence-corrected chi connectivity index (χ4v) is 2.93. The smallest absolute Gasteiger partial charge is 0.270 e. The molecule has 2 heterocycles. The Morgan fingerprint density at radius 2 is 2.32 bits per heavy atom. The van der Waals surface area contributed by atoms with Crippen LogP contribution in [0.25, 0.3) is 0 Å². The van der Waals surface area contributed by atoms with Crippen molar-refractivity contribution < 1.29 is 4.79 Å². The summed E-state index contributed by atoms with van der Waals surface area (Å²) < 4.78 is 1.04. The summed E-state index contributed by atoms with van der Waals surface area (Å²) in [5, 5.41) is 7.98. The second kappa shape index (κ2) is 6.68. The topological polar surface area (TPSA) is 54.0 Å². The maximum Gasteiger partial charge on any atom is 0.270 e. The third-order valence-electron chi connectivity index (χ3n) is 2.42. The quantitative estimate of drug-likeness (QED) is 0.878. The summed E-state index contributed by atoms with van der Waals surface area (Å²) >= 11 is 4.99. The van der Waals surface area contributed by atoms with Crippen LogP contribution in [0.3, 0.4) is 0 Å². The highest BCUT2D eigenvalue weighted by Gasteiger charge is 2.07. The molecule has 0 atom stereocenters. The third kappa shape index (κ3) is 4.04. The van der Waals surface area contributed by atoms with Crippen LogP contribution in [-0.4, -0.2) is 17.4 Å².